The lowest BCUT2D eigenvalue weighted by Gasteiger charge is -2.20. The molecule has 0 N–H and O–H groups in total. The second-order valence-corrected chi connectivity index (χ2v) is 6.93. The highest BCUT2D eigenvalue weighted by molar-refractivity contribution is 7.86. The van der Waals surface area contributed by atoms with Gasteiger partial charge in [0.05, 0.1) is 4.90 Å². The van der Waals surface area contributed by atoms with Crippen LogP contribution in [0, 0.1) is 5.92 Å². The Hall–Kier alpha value is -1.73. The van der Waals surface area contributed by atoms with E-state index in [4.69, 9.17) is 9.22 Å². The molecule has 0 saturated carbocycles. The Morgan fingerprint density at radius 3 is 1.75 bits per heavy atom. The molecule has 2 rings (SSSR count). The number of ether oxygens (including phenoxy) is 1. The average molecular weight is 352 g/mol. The van der Waals surface area contributed by atoms with Crippen LogP contribution in [0.15, 0.2) is 65.6 Å². The SMILES string of the molecule is CC(C)C(OOS(=O)(=O)c1ccccc1)c1ccccc1.COC. The van der Waals surface area contributed by atoms with Gasteiger partial charge < -0.3 is 4.74 Å². The number of hydrogen-bond donors (Lipinski definition) is 0. The van der Waals surface area contributed by atoms with Gasteiger partial charge in [0.15, 0.2) is 0 Å². The Balaban J connectivity index is 0.000000891. The van der Waals surface area contributed by atoms with Crippen LogP contribution >= 0.6 is 0 Å². The van der Waals surface area contributed by atoms with E-state index >= 15 is 0 Å². The Labute approximate surface area is 144 Å². The third-order valence-electron chi connectivity index (χ3n) is 3.00. The van der Waals surface area contributed by atoms with Crippen LogP contribution in [-0.2, 0) is 24.1 Å². The number of methoxy groups -OCH3 is 1. The van der Waals surface area contributed by atoms with E-state index in [1.54, 1.807) is 32.4 Å². The quantitative estimate of drug-likeness (QED) is 0.581. The van der Waals surface area contributed by atoms with Crippen LogP contribution in [0.5, 0.6) is 0 Å². The standard InChI is InChI=1S/C16H18O4S.C2H6O/c1-13(2)16(14-9-5-3-6-10-14)19-20-21(17,18)15-11-7-4-8-12-15;1-3-2/h3-13,16H,1-2H3;1-2H3. The minimum Gasteiger partial charge on any atom is -0.388 e. The van der Waals surface area contributed by atoms with Gasteiger partial charge in [-0.1, -0.05) is 62.4 Å². The van der Waals surface area contributed by atoms with E-state index in [1.807, 2.05) is 44.2 Å². The molecule has 0 aliphatic rings. The van der Waals surface area contributed by atoms with Gasteiger partial charge in [-0.25, -0.2) is 4.89 Å². The maximum Gasteiger partial charge on any atom is 0.323 e. The van der Waals surface area contributed by atoms with Crippen molar-refractivity contribution in [2.75, 3.05) is 14.2 Å². The number of hydrogen-bond acceptors (Lipinski definition) is 5. The van der Waals surface area contributed by atoms with Crippen LogP contribution in [0.25, 0.3) is 0 Å². The summed E-state index contributed by atoms with van der Waals surface area (Å²) in [6.45, 7) is 3.88. The van der Waals surface area contributed by atoms with Gasteiger partial charge in [-0.3, -0.25) is 0 Å². The second-order valence-electron chi connectivity index (χ2n) is 5.41. The lowest BCUT2D eigenvalue weighted by molar-refractivity contribution is -0.254. The van der Waals surface area contributed by atoms with Gasteiger partial charge in [0.25, 0.3) is 0 Å². The van der Waals surface area contributed by atoms with E-state index in [1.165, 1.54) is 12.1 Å². The van der Waals surface area contributed by atoms with E-state index in [0.29, 0.717) is 0 Å². The summed E-state index contributed by atoms with van der Waals surface area (Å²) >= 11 is 0. The molecule has 0 heterocycles. The molecule has 0 aliphatic carbocycles. The smallest absolute Gasteiger partial charge is 0.323 e. The van der Waals surface area contributed by atoms with E-state index in [0.717, 1.165) is 5.56 Å². The van der Waals surface area contributed by atoms with Gasteiger partial charge in [-0.2, -0.15) is 8.42 Å². The Bertz CT molecular complexity index is 669. The zero-order valence-electron chi connectivity index (χ0n) is 14.4. The fourth-order valence-electron chi connectivity index (χ4n) is 1.91. The molecule has 0 fully saturated rings. The molecule has 0 aliphatic heterocycles. The summed E-state index contributed by atoms with van der Waals surface area (Å²) in [5.41, 5.74) is 0.871. The Morgan fingerprint density at radius 2 is 1.29 bits per heavy atom. The minimum absolute atomic E-state index is 0.0679. The molecule has 5 nitrogen and oxygen atoms in total. The topological polar surface area (TPSA) is 61.8 Å². The van der Waals surface area contributed by atoms with Crippen LogP contribution < -0.4 is 0 Å². The highest BCUT2D eigenvalue weighted by atomic mass is 32.2. The van der Waals surface area contributed by atoms with Gasteiger partial charge in [0.1, 0.15) is 6.10 Å². The molecule has 0 aromatic heterocycles. The molecule has 132 valence electrons. The molecule has 24 heavy (non-hydrogen) atoms. The molecule has 2 aromatic rings. The monoisotopic (exact) mass is 352 g/mol. The summed E-state index contributed by atoms with van der Waals surface area (Å²) in [7, 11) is -0.669. The maximum atomic E-state index is 12.0. The zero-order valence-corrected chi connectivity index (χ0v) is 15.2. The van der Waals surface area contributed by atoms with Gasteiger partial charge in [-0.05, 0) is 23.6 Å². The van der Waals surface area contributed by atoms with Gasteiger partial charge in [0.2, 0.25) is 0 Å². The van der Waals surface area contributed by atoms with Gasteiger partial charge >= 0.3 is 10.1 Å². The highest BCUT2D eigenvalue weighted by Crippen LogP contribution is 2.27. The van der Waals surface area contributed by atoms with Crippen molar-refractivity contribution in [3.63, 3.8) is 0 Å². The fourth-order valence-corrected chi connectivity index (χ4v) is 2.67. The molecule has 0 bridgehead atoms. The minimum atomic E-state index is -3.92. The highest BCUT2D eigenvalue weighted by Gasteiger charge is 2.23. The summed E-state index contributed by atoms with van der Waals surface area (Å²) in [6.07, 6.45) is -0.454. The summed E-state index contributed by atoms with van der Waals surface area (Å²) in [6, 6.07) is 17.3. The molecule has 2 aromatic carbocycles. The van der Waals surface area contributed by atoms with Crippen LogP contribution in [0.3, 0.4) is 0 Å². The molecule has 0 radical (unpaired) electrons. The lowest BCUT2D eigenvalue weighted by atomic mass is 9.99. The first-order valence-corrected chi connectivity index (χ1v) is 8.93. The van der Waals surface area contributed by atoms with Gasteiger partial charge in [0, 0.05) is 14.2 Å². The van der Waals surface area contributed by atoms with Gasteiger partial charge in [-0.15, -0.1) is 4.33 Å². The molecule has 0 amide bonds. The average Bonchev–Trinajstić information content (AvgIpc) is 2.57. The van der Waals surface area contributed by atoms with Crippen LogP contribution in [0.2, 0.25) is 0 Å². The first-order valence-electron chi connectivity index (χ1n) is 7.52. The molecular formula is C18H24O5S. The third-order valence-corrected chi connectivity index (χ3v) is 4.11. The number of benzene rings is 2. The van der Waals surface area contributed by atoms with Crippen molar-refractivity contribution in [1.29, 1.82) is 0 Å². The van der Waals surface area contributed by atoms with E-state index in [9.17, 15) is 8.42 Å². The summed E-state index contributed by atoms with van der Waals surface area (Å²) < 4.78 is 33.1. The van der Waals surface area contributed by atoms with Crippen molar-refractivity contribution in [1.82, 2.24) is 0 Å². The van der Waals surface area contributed by atoms with Crippen LogP contribution in [0.4, 0.5) is 0 Å². The first-order chi connectivity index (χ1) is 11.4. The lowest BCUT2D eigenvalue weighted by Crippen LogP contribution is -2.15. The zero-order chi connectivity index (χ0) is 18.0. The third kappa shape index (κ3) is 6.41. The van der Waals surface area contributed by atoms with E-state index < -0.39 is 16.2 Å². The van der Waals surface area contributed by atoms with Crippen molar-refractivity contribution in [3.8, 4) is 0 Å². The molecule has 6 heteroatoms. The van der Waals surface area contributed by atoms with Crippen molar-refractivity contribution in [2.24, 2.45) is 5.92 Å². The summed E-state index contributed by atoms with van der Waals surface area (Å²) in [4.78, 5) is 5.29. The van der Waals surface area contributed by atoms with Crippen molar-refractivity contribution in [3.05, 3.63) is 66.2 Å². The molecule has 1 atom stereocenters. The Morgan fingerprint density at radius 1 is 0.833 bits per heavy atom. The van der Waals surface area contributed by atoms with Crippen molar-refractivity contribution in [2.45, 2.75) is 24.8 Å². The summed E-state index contributed by atoms with van der Waals surface area (Å²) in [5, 5.41) is 0. The first kappa shape index (κ1) is 20.3. The van der Waals surface area contributed by atoms with Crippen LogP contribution in [-0.4, -0.2) is 22.6 Å². The predicted octanol–water partition coefficient (Wildman–Crippen LogP) is 3.98. The predicted molar refractivity (Wildman–Crippen MR) is 92.8 cm³/mol. The largest absolute Gasteiger partial charge is 0.388 e. The molecular weight excluding hydrogens is 328 g/mol. The fraction of sp³-hybridized carbons (Fsp3) is 0.333. The second kappa shape index (κ2) is 10.2. The van der Waals surface area contributed by atoms with Crippen molar-refractivity contribution < 1.29 is 22.4 Å². The van der Waals surface area contributed by atoms with E-state index in [-0.39, 0.29) is 10.8 Å². The van der Waals surface area contributed by atoms with Crippen LogP contribution in [0.1, 0.15) is 25.5 Å². The van der Waals surface area contributed by atoms with E-state index in [2.05, 4.69) is 4.74 Å². The Kier molecular flexibility index (Phi) is 8.63. The summed E-state index contributed by atoms with van der Waals surface area (Å²) in [5.74, 6) is 0.0679. The maximum absolute atomic E-state index is 12.0. The molecule has 1 unspecified atom stereocenters. The molecule has 0 saturated heterocycles. The van der Waals surface area contributed by atoms with Crippen molar-refractivity contribution >= 4 is 10.1 Å². The number of rotatable bonds is 6. The molecule has 0 spiro atoms. The normalized spacial score (nSPS) is 12.4.